The minimum atomic E-state index is 0.515. The van der Waals surface area contributed by atoms with Crippen molar-refractivity contribution < 1.29 is 4.74 Å². The molecule has 22 heavy (non-hydrogen) atoms. The highest BCUT2D eigenvalue weighted by Gasteiger charge is 2.15. The molecule has 3 rings (SSSR count). The Morgan fingerprint density at radius 3 is 2.59 bits per heavy atom. The minimum Gasteiger partial charge on any atom is -0.496 e. The molecule has 0 aliphatic carbocycles. The van der Waals surface area contributed by atoms with E-state index in [1.807, 2.05) is 47.9 Å². The molecule has 1 heterocycles. The monoisotopic (exact) mass is 331 g/mol. The van der Waals surface area contributed by atoms with E-state index in [2.05, 4.69) is 10.2 Å². The summed E-state index contributed by atoms with van der Waals surface area (Å²) in [6.07, 6.45) is 0. The van der Waals surface area contributed by atoms with Gasteiger partial charge in [-0.1, -0.05) is 29.3 Å². The number of benzene rings is 2. The Kier molecular flexibility index (Phi) is 4.00. The molecular formula is C16H14ClN3OS. The van der Waals surface area contributed by atoms with Crippen LogP contribution in [0.5, 0.6) is 5.75 Å². The first-order valence-electron chi connectivity index (χ1n) is 6.68. The molecule has 0 bridgehead atoms. The van der Waals surface area contributed by atoms with Crippen molar-refractivity contribution >= 4 is 23.8 Å². The highest BCUT2D eigenvalue weighted by atomic mass is 35.5. The second-order valence-corrected chi connectivity index (χ2v) is 5.69. The van der Waals surface area contributed by atoms with Gasteiger partial charge in [0.1, 0.15) is 5.75 Å². The lowest BCUT2D eigenvalue weighted by molar-refractivity contribution is 0.416. The minimum absolute atomic E-state index is 0.515. The van der Waals surface area contributed by atoms with Crippen LogP contribution in [0.2, 0.25) is 5.02 Å². The van der Waals surface area contributed by atoms with Gasteiger partial charge in [0.15, 0.2) is 10.6 Å². The first-order chi connectivity index (χ1) is 10.6. The van der Waals surface area contributed by atoms with Crippen molar-refractivity contribution in [3.8, 4) is 22.8 Å². The third-order valence-corrected chi connectivity index (χ3v) is 3.88. The molecule has 0 aliphatic heterocycles. The van der Waals surface area contributed by atoms with E-state index >= 15 is 0 Å². The molecular weight excluding hydrogens is 318 g/mol. The SMILES string of the molecule is COc1ccc(Cl)cc1-c1n[nH]c(=S)n1-c1ccc(C)cc1. The smallest absolute Gasteiger partial charge is 0.200 e. The molecule has 0 fully saturated rings. The molecule has 0 unspecified atom stereocenters. The molecule has 0 saturated carbocycles. The van der Waals surface area contributed by atoms with Crippen LogP contribution in [0, 0.1) is 11.7 Å². The molecule has 3 aromatic rings. The molecule has 112 valence electrons. The number of ether oxygens (including phenoxy) is 1. The standard InChI is InChI=1S/C16H14ClN3OS/c1-10-3-6-12(7-4-10)20-15(18-19-16(20)22)13-9-11(17)5-8-14(13)21-2/h3-9H,1-2H3,(H,19,22). The fourth-order valence-electron chi connectivity index (χ4n) is 2.27. The van der Waals surface area contributed by atoms with E-state index in [1.54, 1.807) is 13.2 Å². The lowest BCUT2D eigenvalue weighted by atomic mass is 10.1. The fourth-order valence-corrected chi connectivity index (χ4v) is 2.68. The number of aromatic nitrogens is 3. The second-order valence-electron chi connectivity index (χ2n) is 4.87. The molecule has 0 aliphatic rings. The molecule has 0 saturated heterocycles. The Morgan fingerprint density at radius 1 is 1.18 bits per heavy atom. The maximum absolute atomic E-state index is 6.12. The van der Waals surface area contributed by atoms with Crippen LogP contribution in [0.25, 0.3) is 17.1 Å². The quantitative estimate of drug-likeness (QED) is 0.715. The topological polar surface area (TPSA) is 42.8 Å². The lowest BCUT2D eigenvalue weighted by Gasteiger charge is -2.11. The normalized spacial score (nSPS) is 10.7. The van der Waals surface area contributed by atoms with Gasteiger partial charge in [-0.15, -0.1) is 0 Å². The van der Waals surface area contributed by atoms with E-state index in [0.717, 1.165) is 11.3 Å². The molecule has 1 N–H and O–H groups in total. The number of hydrogen-bond acceptors (Lipinski definition) is 3. The summed E-state index contributed by atoms with van der Waals surface area (Å²) in [4.78, 5) is 0. The molecule has 0 amide bonds. The average Bonchev–Trinajstić information content (AvgIpc) is 2.90. The van der Waals surface area contributed by atoms with E-state index in [0.29, 0.717) is 21.4 Å². The largest absolute Gasteiger partial charge is 0.496 e. The Bertz CT molecular complexity index is 868. The highest BCUT2D eigenvalue weighted by molar-refractivity contribution is 7.71. The first-order valence-corrected chi connectivity index (χ1v) is 7.47. The summed E-state index contributed by atoms with van der Waals surface area (Å²) in [6, 6.07) is 13.5. The Hall–Kier alpha value is -2.11. The van der Waals surface area contributed by atoms with Crippen LogP contribution in [0.1, 0.15) is 5.56 Å². The van der Waals surface area contributed by atoms with Gasteiger partial charge in [-0.05, 0) is 49.5 Å². The van der Waals surface area contributed by atoms with Gasteiger partial charge < -0.3 is 4.74 Å². The number of aryl methyl sites for hydroxylation is 1. The van der Waals surface area contributed by atoms with Gasteiger partial charge in [-0.25, -0.2) is 0 Å². The second kappa shape index (κ2) is 5.94. The van der Waals surface area contributed by atoms with Crippen molar-refractivity contribution in [2.24, 2.45) is 0 Å². The summed E-state index contributed by atoms with van der Waals surface area (Å²) in [5, 5.41) is 7.79. The number of methoxy groups -OCH3 is 1. The molecule has 2 aromatic carbocycles. The zero-order valence-electron chi connectivity index (χ0n) is 12.1. The van der Waals surface area contributed by atoms with Crippen LogP contribution in [0.3, 0.4) is 0 Å². The van der Waals surface area contributed by atoms with Crippen molar-refractivity contribution in [2.45, 2.75) is 6.92 Å². The van der Waals surface area contributed by atoms with E-state index in [-0.39, 0.29) is 0 Å². The summed E-state index contributed by atoms with van der Waals surface area (Å²) in [5.74, 6) is 1.35. The number of hydrogen-bond donors (Lipinski definition) is 1. The number of nitrogens with one attached hydrogen (secondary N) is 1. The molecule has 4 nitrogen and oxygen atoms in total. The van der Waals surface area contributed by atoms with Crippen LogP contribution in [0.15, 0.2) is 42.5 Å². The van der Waals surface area contributed by atoms with Gasteiger partial charge >= 0.3 is 0 Å². The van der Waals surface area contributed by atoms with Gasteiger partial charge in [0.2, 0.25) is 0 Å². The summed E-state index contributed by atoms with van der Waals surface area (Å²) >= 11 is 11.5. The van der Waals surface area contributed by atoms with E-state index < -0.39 is 0 Å². The van der Waals surface area contributed by atoms with E-state index in [1.165, 1.54) is 5.56 Å². The molecule has 6 heteroatoms. The van der Waals surface area contributed by atoms with Crippen LogP contribution in [-0.2, 0) is 0 Å². The number of halogens is 1. The van der Waals surface area contributed by atoms with Crippen LogP contribution in [-0.4, -0.2) is 21.9 Å². The van der Waals surface area contributed by atoms with Gasteiger partial charge in [0.05, 0.1) is 12.7 Å². The summed E-state index contributed by atoms with van der Waals surface area (Å²) in [7, 11) is 1.62. The maximum Gasteiger partial charge on any atom is 0.200 e. The van der Waals surface area contributed by atoms with Crippen molar-refractivity contribution in [3.05, 3.63) is 57.8 Å². The van der Waals surface area contributed by atoms with E-state index in [9.17, 15) is 0 Å². The third kappa shape index (κ3) is 2.65. The molecule has 1 aromatic heterocycles. The number of H-pyrrole nitrogens is 1. The first kappa shape index (κ1) is 14.8. The van der Waals surface area contributed by atoms with Crippen LogP contribution >= 0.6 is 23.8 Å². The lowest BCUT2D eigenvalue weighted by Crippen LogP contribution is -1.99. The number of aromatic amines is 1. The van der Waals surface area contributed by atoms with Crippen LogP contribution < -0.4 is 4.74 Å². The Labute approximate surface area is 138 Å². The average molecular weight is 332 g/mol. The highest BCUT2D eigenvalue weighted by Crippen LogP contribution is 2.32. The number of nitrogens with zero attached hydrogens (tertiary/aromatic N) is 2. The third-order valence-electron chi connectivity index (χ3n) is 3.37. The Morgan fingerprint density at radius 2 is 1.91 bits per heavy atom. The van der Waals surface area contributed by atoms with Gasteiger partial charge in [-0.3, -0.25) is 9.67 Å². The van der Waals surface area contributed by atoms with Crippen molar-refractivity contribution in [1.29, 1.82) is 0 Å². The van der Waals surface area contributed by atoms with Crippen molar-refractivity contribution in [3.63, 3.8) is 0 Å². The van der Waals surface area contributed by atoms with Crippen molar-refractivity contribution in [1.82, 2.24) is 14.8 Å². The Balaban J connectivity index is 2.24. The fraction of sp³-hybridized carbons (Fsp3) is 0.125. The van der Waals surface area contributed by atoms with Gasteiger partial charge in [-0.2, -0.15) is 5.10 Å². The zero-order valence-corrected chi connectivity index (χ0v) is 13.7. The van der Waals surface area contributed by atoms with Crippen LogP contribution in [0.4, 0.5) is 0 Å². The predicted octanol–water partition coefficient (Wildman–Crippen LogP) is 4.57. The van der Waals surface area contributed by atoms with Gasteiger partial charge in [0, 0.05) is 10.7 Å². The van der Waals surface area contributed by atoms with Gasteiger partial charge in [0.25, 0.3) is 0 Å². The summed E-state index contributed by atoms with van der Waals surface area (Å²) < 4.78 is 7.79. The molecule has 0 radical (unpaired) electrons. The maximum atomic E-state index is 6.12. The van der Waals surface area contributed by atoms with Crippen molar-refractivity contribution in [2.75, 3.05) is 7.11 Å². The summed E-state index contributed by atoms with van der Waals surface area (Å²) in [6.45, 7) is 2.04. The molecule has 0 atom stereocenters. The number of rotatable bonds is 3. The predicted molar refractivity (Wildman–Crippen MR) is 90.5 cm³/mol. The van der Waals surface area contributed by atoms with E-state index in [4.69, 9.17) is 28.6 Å². The molecule has 0 spiro atoms. The summed E-state index contributed by atoms with van der Waals surface area (Å²) in [5.41, 5.74) is 2.89. The zero-order chi connectivity index (χ0) is 15.7.